The highest BCUT2D eigenvalue weighted by molar-refractivity contribution is 9.10. The van der Waals surface area contributed by atoms with E-state index in [1.165, 1.54) is 0 Å². The SMILES string of the molecule is Cc1ccnc(NC(=O)c2ccc(Cl)cc2Br)c1. The molecule has 0 aliphatic heterocycles. The van der Waals surface area contributed by atoms with Gasteiger partial charge in [0.25, 0.3) is 5.91 Å². The molecule has 0 bridgehead atoms. The highest BCUT2D eigenvalue weighted by Gasteiger charge is 2.11. The third-order valence-electron chi connectivity index (χ3n) is 2.33. The molecule has 18 heavy (non-hydrogen) atoms. The molecule has 1 aromatic carbocycles. The molecular weight excluding hydrogens is 316 g/mol. The first kappa shape index (κ1) is 13.1. The van der Waals surface area contributed by atoms with Gasteiger partial charge in [-0.05, 0) is 58.7 Å². The summed E-state index contributed by atoms with van der Waals surface area (Å²) in [6.07, 6.45) is 1.65. The van der Waals surface area contributed by atoms with Gasteiger partial charge in [-0.15, -0.1) is 0 Å². The van der Waals surface area contributed by atoms with Gasteiger partial charge in [0.2, 0.25) is 0 Å². The van der Waals surface area contributed by atoms with E-state index in [0.29, 0.717) is 20.9 Å². The lowest BCUT2D eigenvalue weighted by molar-refractivity contribution is 0.102. The second kappa shape index (κ2) is 5.50. The molecule has 0 spiro atoms. The summed E-state index contributed by atoms with van der Waals surface area (Å²) >= 11 is 9.14. The van der Waals surface area contributed by atoms with Gasteiger partial charge in [0.1, 0.15) is 5.82 Å². The number of nitrogens with one attached hydrogen (secondary N) is 1. The number of benzene rings is 1. The average Bonchev–Trinajstić information content (AvgIpc) is 2.28. The van der Waals surface area contributed by atoms with E-state index in [-0.39, 0.29) is 5.91 Å². The van der Waals surface area contributed by atoms with Crippen LogP contribution in [0.15, 0.2) is 41.0 Å². The number of rotatable bonds is 2. The van der Waals surface area contributed by atoms with Crippen molar-refractivity contribution in [2.24, 2.45) is 0 Å². The van der Waals surface area contributed by atoms with Gasteiger partial charge in [0.15, 0.2) is 0 Å². The molecule has 1 amide bonds. The van der Waals surface area contributed by atoms with Crippen LogP contribution >= 0.6 is 27.5 Å². The van der Waals surface area contributed by atoms with Crippen LogP contribution in [0.1, 0.15) is 15.9 Å². The number of nitrogens with zero attached hydrogens (tertiary/aromatic N) is 1. The molecule has 0 aliphatic rings. The Bertz CT molecular complexity index is 601. The van der Waals surface area contributed by atoms with Crippen LogP contribution in [-0.2, 0) is 0 Å². The van der Waals surface area contributed by atoms with Gasteiger partial charge < -0.3 is 5.32 Å². The Labute approximate surface area is 118 Å². The van der Waals surface area contributed by atoms with Crippen LogP contribution in [0.5, 0.6) is 0 Å². The summed E-state index contributed by atoms with van der Waals surface area (Å²) in [6.45, 7) is 1.94. The van der Waals surface area contributed by atoms with Crippen LogP contribution in [0, 0.1) is 6.92 Å². The molecule has 2 aromatic rings. The lowest BCUT2D eigenvalue weighted by Gasteiger charge is -2.06. The van der Waals surface area contributed by atoms with Crippen LogP contribution < -0.4 is 5.32 Å². The van der Waals surface area contributed by atoms with Crippen LogP contribution in [0.4, 0.5) is 5.82 Å². The van der Waals surface area contributed by atoms with Crippen molar-refractivity contribution >= 4 is 39.3 Å². The second-order valence-electron chi connectivity index (χ2n) is 3.80. The Kier molecular flexibility index (Phi) is 3.99. The number of aromatic nitrogens is 1. The van der Waals surface area contributed by atoms with E-state index in [4.69, 9.17) is 11.6 Å². The zero-order chi connectivity index (χ0) is 13.1. The summed E-state index contributed by atoms with van der Waals surface area (Å²) in [5.41, 5.74) is 1.55. The van der Waals surface area contributed by atoms with Crippen molar-refractivity contribution in [3.05, 3.63) is 57.2 Å². The van der Waals surface area contributed by atoms with Crippen LogP contribution in [0.2, 0.25) is 5.02 Å². The quantitative estimate of drug-likeness (QED) is 0.905. The molecule has 0 radical (unpaired) electrons. The minimum absolute atomic E-state index is 0.225. The highest BCUT2D eigenvalue weighted by Crippen LogP contribution is 2.22. The summed E-state index contributed by atoms with van der Waals surface area (Å²) in [4.78, 5) is 16.1. The van der Waals surface area contributed by atoms with E-state index >= 15 is 0 Å². The van der Waals surface area contributed by atoms with E-state index in [9.17, 15) is 4.79 Å². The van der Waals surface area contributed by atoms with Crippen molar-refractivity contribution < 1.29 is 4.79 Å². The van der Waals surface area contributed by atoms with E-state index in [2.05, 4.69) is 26.2 Å². The fourth-order valence-corrected chi connectivity index (χ4v) is 2.32. The van der Waals surface area contributed by atoms with Crippen molar-refractivity contribution in [1.29, 1.82) is 0 Å². The molecular formula is C13H10BrClN2O. The molecule has 92 valence electrons. The molecule has 1 aromatic heterocycles. The lowest BCUT2D eigenvalue weighted by Crippen LogP contribution is -2.13. The molecule has 0 saturated carbocycles. The van der Waals surface area contributed by atoms with E-state index in [0.717, 1.165) is 5.56 Å². The van der Waals surface area contributed by atoms with Gasteiger partial charge in [0, 0.05) is 15.7 Å². The van der Waals surface area contributed by atoms with Crippen molar-refractivity contribution in [1.82, 2.24) is 4.98 Å². The van der Waals surface area contributed by atoms with E-state index in [1.54, 1.807) is 24.4 Å². The molecule has 0 unspecified atom stereocenters. The van der Waals surface area contributed by atoms with Crippen LogP contribution in [0.25, 0.3) is 0 Å². The smallest absolute Gasteiger partial charge is 0.257 e. The molecule has 2 rings (SSSR count). The van der Waals surface area contributed by atoms with Crippen LogP contribution in [0.3, 0.4) is 0 Å². The number of hydrogen-bond acceptors (Lipinski definition) is 2. The number of pyridine rings is 1. The Morgan fingerprint density at radius 2 is 2.11 bits per heavy atom. The summed E-state index contributed by atoms with van der Waals surface area (Å²) < 4.78 is 0.653. The molecule has 0 fully saturated rings. The Balaban J connectivity index is 2.22. The number of carbonyl (C=O) groups excluding carboxylic acids is 1. The zero-order valence-electron chi connectivity index (χ0n) is 9.58. The van der Waals surface area contributed by atoms with Crippen molar-refractivity contribution in [3.8, 4) is 0 Å². The Morgan fingerprint density at radius 1 is 1.33 bits per heavy atom. The molecule has 5 heteroatoms. The number of anilines is 1. The number of aryl methyl sites for hydroxylation is 1. The normalized spacial score (nSPS) is 10.2. The number of amides is 1. The maximum atomic E-state index is 12.0. The van der Waals surface area contributed by atoms with E-state index in [1.807, 2.05) is 19.1 Å². The summed E-state index contributed by atoms with van der Waals surface area (Å²) in [6, 6.07) is 8.69. The fraction of sp³-hybridized carbons (Fsp3) is 0.0769. The van der Waals surface area contributed by atoms with Gasteiger partial charge in [-0.1, -0.05) is 11.6 Å². The van der Waals surface area contributed by atoms with Gasteiger partial charge in [0.05, 0.1) is 5.56 Å². The van der Waals surface area contributed by atoms with Crippen molar-refractivity contribution in [3.63, 3.8) is 0 Å². The maximum Gasteiger partial charge on any atom is 0.257 e. The summed E-state index contributed by atoms with van der Waals surface area (Å²) in [5.74, 6) is 0.304. The Morgan fingerprint density at radius 3 is 2.78 bits per heavy atom. The first-order chi connectivity index (χ1) is 8.56. The second-order valence-corrected chi connectivity index (χ2v) is 5.09. The summed E-state index contributed by atoms with van der Waals surface area (Å²) in [7, 11) is 0. The number of hydrogen-bond donors (Lipinski definition) is 1. The fourth-order valence-electron chi connectivity index (χ4n) is 1.46. The third-order valence-corrected chi connectivity index (χ3v) is 3.22. The van der Waals surface area contributed by atoms with Crippen molar-refractivity contribution in [2.75, 3.05) is 5.32 Å². The van der Waals surface area contributed by atoms with Crippen LogP contribution in [-0.4, -0.2) is 10.9 Å². The molecule has 1 heterocycles. The van der Waals surface area contributed by atoms with E-state index < -0.39 is 0 Å². The predicted octanol–water partition coefficient (Wildman–Crippen LogP) is 4.06. The molecule has 1 N–H and O–H groups in total. The average molecular weight is 326 g/mol. The lowest BCUT2D eigenvalue weighted by atomic mass is 10.2. The summed E-state index contributed by atoms with van der Waals surface area (Å²) in [5, 5.41) is 3.31. The zero-order valence-corrected chi connectivity index (χ0v) is 11.9. The van der Waals surface area contributed by atoms with Gasteiger partial charge in [-0.3, -0.25) is 4.79 Å². The topological polar surface area (TPSA) is 42.0 Å². The predicted molar refractivity (Wildman–Crippen MR) is 76.1 cm³/mol. The number of halogens is 2. The molecule has 0 aliphatic carbocycles. The third kappa shape index (κ3) is 3.09. The van der Waals surface area contributed by atoms with Gasteiger partial charge >= 0.3 is 0 Å². The molecule has 0 atom stereocenters. The van der Waals surface area contributed by atoms with Crippen molar-refractivity contribution in [2.45, 2.75) is 6.92 Å². The first-order valence-electron chi connectivity index (χ1n) is 5.25. The highest BCUT2D eigenvalue weighted by atomic mass is 79.9. The maximum absolute atomic E-state index is 12.0. The minimum atomic E-state index is -0.225. The van der Waals surface area contributed by atoms with Gasteiger partial charge in [-0.2, -0.15) is 0 Å². The standard InChI is InChI=1S/C13H10BrClN2O/c1-8-4-5-16-12(6-8)17-13(18)10-3-2-9(15)7-11(10)14/h2-7H,1H3,(H,16,17,18). The monoisotopic (exact) mass is 324 g/mol. The van der Waals surface area contributed by atoms with Gasteiger partial charge in [-0.25, -0.2) is 4.98 Å². The first-order valence-corrected chi connectivity index (χ1v) is 6.42. The largest absolute Gasteiger partial charge is 0.307 e. The molecule has 0 saturated heterocycles. The molecule has 3 nitrogen and oxygen atoms in total. The number of carbonyl (C=O) groups is 1. The Hall–Kier alpha value is -1.39. The minimum Gasteiger partial charge on any atom is -0.307 e.